The van der Waals surface area contributed by atoms with Crippen LogP contribution in [0.5, 0.6) is 5.75 Å². The molecule has 0 amide bonds. The van der Waals surface area contributed by atoms with Crippen molar-refractivity contribution in [2.24, 2.45) is 0 Å². The predicted molar refractivity (Wildman–Crippen MR) is 110 cm³/mol. The summed E-state index contributed by atoms with van der Waals surface area (Å²) in [6.45, 7) is 0. The fraction of sp³-hybridized carbons (Fsp3) is 0.0435. The molecule has 1 N–H and O–H groups in total. The van der Waals surface area contributed by atoms with E-state index < -0.39 is 0 Å². The smallest absolute Gasteiger partial charge is 0.137 e. The second-order valence-corrected chi connectivity index (χ2v) is 6.66. The summed E-state index contributed by atoms with van der Waals surface area (Å²) < 4.78 is 20.9. The summed E-state index contributed by atoms with van der Waals surface area (Å²) in [5, 5.41) is 7.24. The molecule has 0 aliphatic carbocycles. The topological polar surface area (TPSA) is 55.2 Å². The lowest BCUT2D eigenvalue weighted by molar-refractivity contribution is 0.416. The van der Waals surface area contributed by atoms with Crippen LogP contribution in [-0.4, -0.2) is 26.7 Å². The van der Waals surface area contributed by atoms with Crippen LogP contribution < -0.4 is 4.74 Å². The van der Waals surface area contributed by atoms with Crippen LogP contribution in [-0.2, 0) is 0 Å². The van der Waals surface area contributed by atoms with Gasteiger partial charge in [0.05, 0.1) is 30.9 Å². The van der Waals surface area contributed by atoms with Crippen molar-refractivity contribution in [2.75, 3.05) is 7.11 Å². The van der Waals surface area contributed by atoms with E-state index in [0.29, 0.717) is 0 Å². The van der Waals surface area contributed by atoms with E-state index in [4.69, 9.17) is 4.74 Å². The van der Waals surface area contributed by atoms with E-state index in [1.165, 1.54) is 12.1 Å². The minimum atomic E-state index is -0.267. The zero-order valence-electron chi connectivity index (χ0n) is 15.6. The number of hydrogen-bond donors (Lipinski definition) is 1. The van der Waals surface area contributed by atoms with Gasteiger partial charge in [-0.2, -0.15) is 5.10 Å². The SMILES string of the molecule is COc1ccccc1-c1cnc2ccc(-c3cn[nH]c3-c3ccc(F)cc3)cn12. The molecule has 0 spiro atoms. The molecule has 0 saturated heterocycles. The number of H-pyrrole nitrogens is 1. The molecule has 142 valence electrons. The van der Waals surface area contributed by atoms with Crippen LogP contribution in [0.1, 0.15) is 0 Å². The molecule has 0 unspecified atom stereocenters. The second-order valence-electron chi connectivity index (χ2n) is 6.66. The van der Waals surface area contributed by atoms with Gasteiger partial charge < -0.3 is 4.74 Å². The Hall–Kier alpha value is -3.93. The molecule has 0 aliphatic rings. The van der Waals surface area contributed by atoms with Crippen molar-refractivity contribution >= 4 is 5.65 Å². The van der Waals surface area contributed by atoms with Gasteiger partial charge in [-0.1, -0.05) is 12.1 Å². The van der Waals surface area contributed by atoms with Crippen molar-refractivity contribution in [3.63, 3.8) is 0 Å². The first-order valence-corrected chi connectivity index (χ1v) is 9.15. The van der Waals surface area contributed by atoms with Gasteiger partial charge in [-0.3, -0.25) is 9.50 Å². The third-order valence-electron chi connectivity index (χ3n) is 4.97. The van der Waals surface area contributed by atoms with E-state index >= 15 is 0 Å². The Morgan fingerprint density at radius 1 is 0.897 bits per heavy atom. The third kappa shape index (κ3) is 2.95. The maximum absolute atomic E-state index is 13.3. The summed E-state index contributed by atoms with van der Waals surface area (Å²) in [5.41, 5.74) is 6.34. The average molecular weight is 384 g/mol. The lowest BCUT2D eigenvalue weighted by atomic mass is 10.0. The Kier molecular flexibility index (Phi) is 4.09. The normalized spacial score (nSPS) is 11.1. The van der Waals surface area contributed by atoms with Gasteiger partial charge in [0.2, 0.25) is 0 Å². The standard InChI is InChI=1S/C23H17FN4O/c1-29-21-5-3-2-4-18(21)20-13-25-22-11-8-16(14-28(20)22)19-12-26-27-23(19)15-6-9-17(24)10-7-15/h2-14H,1H3,(H,26,27). The first-order valence-electron chi connectivity index (χ1n) is 9.15. The molecule has 3 heterocycles. The van der Waals surface area contributed by atoms with Gasteiger partial charge in [-0.05, 0) is 48.5 Å². The fourth-order valence-electron chi connectivity index (χ4n) is 3.54. The molecular formula is C23H17FN4O. The summed E-state index contributed by atoms with van der Waals surface area (Å²) in [6.07, 6.45) is 5.65. The number of aromatic nitrogens is 4. The molecule has 0 saturated carbocycles. The van der Waals surface area contributed by atoms with Gasteiger partial charge in [0.15, 0.2) is 0 Å². The van der Waals surface area contributed by atoms with E-state index in [1.54, 1.807) is 25.4 Å². The molecule has 29 heavy (non-hydrogen) atoms. The zero-order chi connectivity index (χ0) is 19.8. The van der Waals surface area contributed by atoms with Crippen molar-refractivity contribution in [3.8, 4) is 39.4 Å². The molecular weight excluding hydrogens is 367 g/mol. The van der Waals surface area contributed by atoms with Crippen LogP contribution in [0.3, 0.4) is 0 Å². The lowest BCUT2D eigenvalue weighted by Gasteiger charge is -2.09. The van der Waals surface area contributed by atoms with Gasteiger partial charge in [0.25, 0.3) is 0 Å². The van der Waals surface area contributed by atoms with Crippen LogP contribution in [0, 0.1) is 5.82 Å². The van der Waals surface area contributed by atoms with Crippen LogP contribution in [0.4, 0.5) is 4.39 Å². The van der Waals surface area contributed by atoms with Gasteiger partial charge in [-0.15, -0.1) is 0 Å². The molecule has 5 aromatic rings. The lowest BCUT2D eigenvalue weighted by Crippen LogP contribution is -1.93. The summed E-state index contributed by atoms with van der Waals surface area (Å²) in [7, 11) is 1.66. The van der Waals surface area contributed by atoms with Crippen molar-refractivity contribution in [1.82, 2.24) is 19.6 Å². The number of hydrogen-bond acceptors (Lipinski definition) is 3. The van der Waals surface area contributed by atoms with E-state index in [0.717, 1.165) is 45.0 Å². The summed E-state index contributed by atoms with van der Waals surface area (Å²) in [5.74, 6) is 0.520. The number of benzene rings is 2. The van der Waals surface area contributed by atoms with Crippen LogP contribution >= 0.6 is 0 Å². The summed E-state index contributed by atoms with van der Waals surface area (Å²) >= 11 is 0. The average Bonchev–Trinajstić information content (AvgIpc) is 3.41. The number of methoxy groups -OCH3 is 1. The Morgan fingerprint density at radius 2 is 1.69 bits per heavy atom. The summed E-state index contributed by atoms with van der Waals surface area (Å²) in [4.78, 5) is 4.53. The Balaban J connectivity index is 1.65. The fourth-order valence-corrected chi connectivity index (χ4v) is 3.54. The number of nitrogens with zero attached hydrogens (tertiary/aromatic N) is 3. The van der Waals surface area contributed by atoms with E-state index in [2.05, 4.69) is 15.2 Å². The van der Waals surface area contributed by atoms with E-state index in [-0.39, 0.29) is 5.82 Å². The monoisotopic (exact) mass is 384 g/mol. The molecule has 5 nitrogen and oxygen atoms in total. The number of halogens is 1. The van der Waals surface area contributed by atoms with E-state index in [9.17, 15) is 4.39 Å². The number of imidazole rings is 1. The number of rotatable bonds is 4. The number of pyridine rings is 1. The molecule has 0 fully saturated rings. The molecule has 0 radical (unpaired) electrons. The van der Waals surface area contributed by atoms with Crippen molar-refractivity contribution < 1.29 is 9.13 Å². The van der Waals surface area contributed by atoms with Crippen LogP contribution in [0.2, 0.25) is 0 Å². The Morgan fingerprint density at radius 3 is 2.52 bits per heavy atom. The first-order chi connectivity index (χ1) is 14.2. The largest absolute Gasteiger partial charge is 0.496 e. The Labute approximate surface area is 166 Å². The quantitative estimate of drug-likeness (QED) is 0.463. The molecule has 0 atom stereocenters. The minimum absolute atomic E-state index is 0.267. The van der Waals surface area contributed by atoms with Crippen LogP contribution in [0.25, 0.3) is 39.3 Å². The highest BCUT2D eigenvalue weighted by molar-refractivity contribution is 5.81. The molecule has 0 bridgehead atoms. The van der Waals surface area contributed by atoms with Crippen LogP contribution in [0.15, 0.2) is 79.3 Å². The number of para-hydroxylation sites is 1. The van der Waals surface area contributed by atoms with E-state index in [1.807, 2.05) is 53.2 Å². The van der Waals surface area contributed by atoms with Crippen molar-refractivity contribution in [1.29, 1.82) is 0 Å². The van der Waals surface area contributed by atoms with Crippen molar-refractivity contribution in [2.45, 2.75) is 0 Å². The molecule has 2 aromatic carbocycles. The second kappa shape index (κ2) is 6.91. The maximum atomic E-state index is 13.3. The predicted octanol–water partition coefficient (Wildman–Crippen LogP) is 5.21. The van der Waals surface area contributed by atoms with Gasteiger partial charge >= 0.3 is 0 Å². The molecule has 6 heteroatoms. The number of nitrogens with one attached hydrogen (secondary N) is 1. The number of fused-ring (bicyclic) bond motifs is 1. The number of ether oxygens (including phenoxy) is 1. The molecule has 0 aliphatic heterocycles. The first kappa shape index (κ1) is 17.2. The molecule has 5 rings (SSSR count). The van der Waals surface area contributed by atoms with Gasteiger partial charge in [0.1, 0.15) is 17.2 Å². The van der Waals surface area contributed by atoms with Crippen molar-refractivity contribution in [3.05, 3.63) is 85.1 Å². The number of aromatic amines is 1. The highest BCUT2D eigenvalue weighted by Crippen LogP contribution is 2.33. The molecule has 3 aromatic heterocycles. The highest BCUT2D eigenvalue weighted by Gasteiger charge is 2.14. The summed E-state index contributed by atoms with van der Waals surface area (Å²) in [6, 6.07) is 18.2. The highest BCUT2D eigenvalue weighted by atomic mass is 19.1. The Bertz CT molecular complexity index is 1300. The van der Waals surface area contributed by atoms with Gasteiger partial charge in [0, 0.05) is 28.5 Å². The zero-order valence-corrected chi connectivity index (χ0v) is 15.6. The van der Waals surface area contributed by atoms with Gasteiger partial charge in [-0.25, -0.2) is 9.37 Å². The minimum Gasteiger partial charge on any atom is -0.496 e. The third-order valence-corrected chi connectivity index (χ3v) is 4.97. The maximum Gasteiger partial charge on any atom is 0.137 e.